The van der Waals surface area contributed by atoms with E-state index in [9.17, 15) is 10.1 Å². The zero-order valence-corrected chi connectivity index (χ0v) is 16.8. The molecule has 1 aliphatic rings. The summed E-state index contributed by atoms with van der Waals surface area (Å²) in [5.74, 6) is 1.19. The minimum Gasteiger partial charge on any atom is -0.495 e. The van der Waals surface area contributed by atoms with Gasteiger partial charge in [-0.1, -0.05) is 23.9 Å². The van der Waals surface area contributed by atoms with Crippen LogP contribution in [0.5, 0.6) is 5.75 Å². The number of nitrogens with one attached hydrogen (secondary N) is 1. The number of nitrogens with two attached hydrogens (primary N) is 1. The van der Waals surface area contributed by atoms with E-state index in [1.807, 2.05) is 41.3 Å². The molecule has 1 aromatic heterocycles. The molecule has 0 bridgehead atoms. The molecule has 0 radical (unpaired) electrons. The third kappa shape index (κ3) is 4.53. The number of aromatic amines is 1. The number of pyridine rings is 1. The summed E-state index contributed by atoms with van der Waals surface area (Å²) in [7, 11) is 1.65. The van der Waals surface area contributed by atoms with Crippen molar-refractivity contribution in [3.63, 3.8) is 0 Å². The summed E-state index contributed by atoms with van der Waals surface area (Å²) < 4.78 is 5.42. The van der Waals surface area contributed by atoms with Crippen molar-refractivity contribution in [3.05, 3.63) is 41.5 Å². The Labute approximate surface area is 173 Å². The highest BCUT2D eigenvalue weighted by Crippen LogP contribution is 2.28. The lowest BCUT2D eigenvalue weighted by Gasteiger charge is -2.36. The number of aromatic nitrogens is 1. The minimum atomic E-state index is -0.00472. The Balaban J connectivity index is 1.59. The second-order valence-corrected chi connectivity index (χ2v) is 7.38. The topological polar surface area (TPSA) is 121 Å². The molecule has 0 saturated carbocycles. The second-order valence-electron chi connectivity index (χ2n) is 6.39. The quantitative estimate of drug-likeness (QED) is 0.738. The number of benzene rings is 1. The Bertz CT molecular complexity index is 989. The Morgan fingerprint density at radius 2 is 1.90 bits per heavy atom. The van der Waals surface area contributed by atoms with E-state index >= 15 is 0 Å². The Kier molecular flexibility index (Phi) is 6.43. The number of carbonyl (C=O) groups excluding carboxylic acids is 1. The van der Waals surface area contributed by atoms with Crippen molar-refractivity contribution >= 4 is 29.2 Å². The number of nitriles is 2. The van der Waals surface area contributed by atoms with Crippen LogP contribution in [0.1, 0.15) is 11.1 Å². The van der Waals surface area contributed by atoms with E-state index in [0.29, 0.717) is 23.7 Å². The first-order valence-electron chi connectivity index (χ1n) is 9.02. The standard InChI is InChI=1S/C20H20N6O2S/c1-28-17-5-3-2-4-16(17)25-6-8-26(9-7-25)18(27)13-29-20-15(12-22)10-14(11-21)19(23)24-20/h2-5,10H,6-9,13H2,1H3,(H2,23,24)/p+1. The molecule has 0 aliphatic carbocycles. The van der Waals surface area contributed by atoms with E-state index in [1.54, 1.807) is 7.11 Å². The third-order valence-corrected chi connectivity index (χ3v) is 5.71. The molecule has 148 valence electrons. The maximum Gasteiger partial charge on any atom is 0.289 e. The highest BCUT2D eigenvalue weighted by molar-refractivity contribution is 7.99. The lowest BCUT2D eigenvalue weighted by atomic mass is 10.2. The number of H-pyrrole nitrogens is 1. The molecule has 0 unspecified atom stereocenters. The van der Waals surface area contributed by atoms with Gasteiger partial charge in [0.1, 0.15) is 29.0 Å². The van der Waals surface area contributed by atoms with Gasteiger partial charge in [-0.3, -0.25) is 10.5 Å². The molecule has 1 amide bonds. The summed E-state index contributed by atoms with van der Waals surface area (Å²) in [4.78, 5) is 19.5. The molecule has 1 aliphatic heterocycles. The molecular weight excluding hydrogens is 388 g/mol. The van der Waals surface area contributed by atoms with Crippen molar-refractivity contribution in [2.45, 2.75) is 5.03 Å². The van der Waals surface area contributed by atoms with Gasteiger partial charge in [-0.05, 0) is 18.2 Å². The smallest absolute Gasteiger partial charge is 0.289 e. The van der Waals surface area contributed by atoms with Crippen molar-refractivity contribution in [2.75, 3.05) is 49.7 Å². The van der Waals surface area contributed by atoms with Gasteiger partial charge in [0.15, 0.2) is 5.03 Å². The molecule has 9 heteroatoms. The molecule has 8 nitrogen and oxygen atoms in total. The minimum absolute atomic E-state index is 0.00472. The maximum absolute atomic E-state index is 12.6. The number of hydrogen-bond donors (Lipinski definition) is 1. The van der Waals surface area contributed by atoms with Crippen molar-refractivity contribution in [2.24, 2.45) is 0 Å². The van der Waals surface area contributed by atoms with E-state index in [1.165, 1.54) is 17.8 Å². The van der Waals surface area contributed by atoms with Crippen molar-refractivity contribution < 1.29 is 14.5 Å². The molecule has 1 aromatic carbocycles. The lowest BCUT2D eigenvalue weighted by molar-refractivity contribution is -0.410. The number of anilines is 2. The van der Waals surface area contributed by atoms with E-state index in [0.717, 1.165) is 24.5 Å². The Morgan fingerprint density at radius 1 is 1.21 bits per heavy atom. The average Bonchev–Trinajstić information content (AvgIpc) is 2.77. The molecule has 3 N–H and O–H groups in total. The highest BCUT2D eigenvalue weighted by atomic mass is 32.2. The van der Waals surface area contributed by atoms with Gasteiger partial charge in [0.25, 0.3) is 5.82 Å². The molecular formula is C20H21N6O2S+. The van der Waals surface area contributed by atoms with Gasteiger partial charge in [-0.25, -0.2) is 4.98 Å². The Morgan fingerprint density at radius 3 is 2.55 bits per heavy atom. The number of thioether (sulfide) groups is 1. The van der Waals surface area contributed by atoms with Crippen molar-refractivity contribution in [3.8, 4) is 17.9 Å². The van der Waals surface area contributed by atoms with Gasteiger partial charge < -0.3 is 14.5 Å². The molecule has 0 spiro atoms. The van der Waals surface area contributed by atoms with Crippen LogP contribution in [0.3, 0.4) is 0 Å². The van der Waals surface area contributed by atoms with Crippen LogP contribution in [-0.2, 0) is 4.79 Å². The third-order valence-electron chi connectivity index (χ3n) is 4.71. The number of methoxy groups -OCH3 is 1. The number of piperazine rings is 1. The SMILES string of the molecule is COc1ccccc1N1CCN(C(=O)CSc2[nH+]c(N)c(C#N)cc2C#N)CC1. The largest absolute Gasteiger partial charge is 0.495 e. The fourth-order valence-electron chi connectivity index (χ4n) is 3.15. The summed E-state index contributed by atoms with van der Waals surface area (Å²) >= 11 is 1.22. The predicted molar refractivity (Wildman–Crippen MR) is 109 cm³/mol. The van der Waals surface area contributed by atoms with Crippen LogP contribution in [-0.4, -0.2) is 49.8 Å². The number of nitrogens with zero attached hydrogens (tertiary/aromatic N) is 4. The van der Waals surface area contributed by atoms with E-state index in [4.69, 9.17) is 15.7 Å². The molecule has 29 heavy (non-hydrogen) atoms. The molecule has 3 rings (SSSR count). The first-order chi connectivity index (χ1) is 14.1. The maximum atomic E-state index is 12.6. The monoisotopic (exact) mass is 409 g/mol. The summed E-state index contributed by atoms with van der Waals surface area (Å²) in [6, 6.07) is 13.2. The van der Waals surface area contributed by atoms with Crippen LogP contribution in [0.15, 0.2) is 35.4 Å². The van der Waals surface area contributed by atoms with Crippen LogP contribution in [0.2, 0.25) is 0 Å². The fraction of sp³-hybridized carbons (Fsp3) is 0.300. The van der Waals surface area contributed by atoms with Gasteiger partial charge in [0, 0.05) is 26.2 Å². The number of nitrogen functional groups attached to an aromatic ring is 1. The van der Waals surface area contributed by atoms with Gasteiger partial charge in [0.05, 0.1) is 18.6 Å². The highest BCUT2D eigenvalue weighted by Gasteiger charge is 2.24. The van der Waals surface area contributed by atoms with Gasteiger partial charge >= 0.3 is 0 Å². The summed E-state index contributed by atoms with van der Waals surface area (Å²) in [5.41, 5.74) is 7.33. The number of carbonyl (C=O) groups is 1. The number of hydrogen-bond acceptors (Lipinski definition) is 7. The zero-order chi connectivity index (χ0) is 20.8. The van der Waals surface area contributed by atoms with Gasteiger partial charge in [-0.2, -0.15) is 10.5 Å². The Hall–Kier alpha value is -3.43. The number of ether oxygens (including phenoxy) is 1. The lowest BCUT2D eigenvalue weighted by Crippen LogP contribution is -2.49. The molecule has 0 atom stereocenters. The summed E-state index contributed by atoms with van der Waals surface area (Å²) in [6.07, 6.45) is 0. The normalized spacial score (nSPS) is 13.5. The summed E-state index contributed by atoms with van der Waals surface area (Å²) in [5, 5.41) is 18.8. The number of amides is 1. The molecule has 2 heterocycles. The van der Waals surface area contributed by atoms with Crippen molar-refractivity contribution in [1.29, 1.82) is 10.5 Å². The van der Waals surface area contributed by atoms with E-state index in [2.05, 4.69) is 9.88 Å². The molecule has 1 fully saturated rings. The van der Waals surface area contributed by atoms with E-state index < -0.39 is 0 Å². The van der Waals surface area contributed by atoms with Crippen LogP contribution >= 0.6 is 11.8 Å². The second kappa shape index (κ2) is 9.18. The van der Waals surface area contributed by atoms with Gasteiger partial charge in [-0.15, -0.1) is 0 Å². The number of para-hydroxylation sites is 2. The van der Waals surface area contributed by atoms with Crippen LogP contribution in [0.4, 0.5) is 11.5 Å². The van der Waals surface area contributed by atoms with Crippen LogP contribution < -0.4 is 20.4 Å². The fourth-order valence-corrected chi connectivity index (χ4v) is 4.04. The predicted octanol–water partition coefficient (Wildman–Crippen LogP) is 1.28. The van der Waals surface area contributed by atoms with Crippen molar-refractivity contribution in [1.82, 2.24) is 4.90 Å². The van der Waals surface area contributed by atoms with Crippen LogP contribution in [0.25, 0.3) is 0 Å². The van der Waals surface area contributed by atoms with Crippen LogP contribution in [0, 0.1) is 22.7 Å². The first kappa shape index (κ1) is 20.3. The zero-order valence-electron chi connectivity index (χ0n) is 16.0. The average molecular weight is 409 g/mol. The summed E-state index contributed by atoms with van der Waals surface area (Å²) in [6.45, 7) is 2.66. The molecule has 1 saturated heterocycles. The number of rotatable bonds is 5. The molecule has 2 aromatic rings. The van der Waals surface area contributed by atoms with Gasteiger partial charge in [0.2, 0.25) is 5.91 Å². The van der Waals surface area contributed by atoms with E-state index in [-0.39, 0.29) is 23.0 Å². The first-order valence-corrected chi connectivity index (χ1v) is 10.0.